The third kappa shape index (κ3) is 5.71. The fourth-order valence-electron chi connectivity index (χ4n) is 3.14. The van der Waals surface area contributed by atoms with Gasteiger partial charge in [-0.1, -0.05) is 17.3 Å². The first kappa shape index (κ1) is 21.1. The van der Waals surface area contributed by atoms with Crippen LogP contribution in [0.1, 0.15) is 55.9 Å². The molecular weight excluding hydrogens is 404 g/mol. The maximum Gasteiger partial charge on any atom is 0.262 e. The number of nitrogens with zero attached hydrogens (tertiary/aromatic N) is 2. The second-order valence-corrected chi connectivity index (χ2v) is 7.83. The van der Waals surface area contributed by atoms with Crippen molar-refractivity contribution in [1.82, 2.24) is 10.1 Å². The first-order valence-corrected chi connectivity index (χ1v) is 10.3. The molecule has 0 aliphatic heterocycles. The summed E-state index contributed by atoms with van der Waals surface area (Å²) in [6, 6.07) is 12.4. The third-order valence-electron chi connectivity index (χ3n) is 4.80. The van der Waals surface area contributed by atoms with Crippen LogP contribution in [0.5, 0.6) is 11.5 Å². The maximum atomic E-state index is 13.8. The van der Waals surface area contributed by atoms with Gasteiger partial charge in [0.1, 0.15) is 17.5 Å². The van der Waals surface area contributed by atoms with Crippen LogP contribution in [-0.2, 0) is 6.61 Å². The van der Waals surface area contributed by atoms with E-state index in [0.29, 0.717) is 40.4 Å². The monoisotopic (exact) mass is 429 g/mol. The molecule has 4 rings (SSSR count). The molecule has 0 saturated heterocycles. The van der Waals surface area contributed by atoms with Crippen LogP contribution < -0.4 is 14.8 Å². The molecule has 1 saturated carbocycles. The lowest BCUT2D eigenvalue weighted by molar-refractivity contribution is 0.124. The fourth-order valence-corrected chi connectivity index (χ4v) is 3.14. The Hall–Kier alpha value is -3.16. The molecule has 1 fully saturated rings. The second kappa shape index (κ2) is 9.32. The van der Waals surface area contributed by atoms with Gasteiger partial charge in [-0.05, 0) is 68.7 Å². The molecule has 0 bridgehead atoms. The molecule has 0 spiro atoms. The Morgan fingerprint density at radius 3 is 2.55 bits per heavy atom. The average Bonchev–Trinajstić information content (AvgIpc) is 3.49. The molecule has 1 N–H and O–H groups in total. The summed E-state index contributed by atoms with van der Waals surface area (Å²) in [4.78, 5) is 4.31. The van der Waals surface area contributed by atoms with Crippen LogP contribution in [0.3, 0.4) is 0 Å². The molecule has 0 amide bonds. The van der Waals surface area contributed by atoms with E-state index in [-0.39, 0.29) is 12.7 Å². The van der Waals surface area contributed by atoms with E-state index in [2.05, 4.69) is 15.5 Å². The van der Waals surface area contributed by atoms with Gasteiger partial charge in [0, 0.05) is 11.6 Å². The summed E-state index contributed by atoms with van der Waals surface area (Å²) in [5.74, 6) is 2.70. The van der Waals surface area contributed by atoms with E-state index < -0.39 is 12.5 Å². The van der Waals surface area contributed by atoms with Crippen LogP contribution in [-0.4, -0.2) is 22.7 Å². The quantitative estimate of drug-likeness (QED) is 0.444. The molecule has 3 aromatic rings. The normalized spacial score (nSPS) is 14.6. The van der Waals surface area contributed by atoms with Gasteiger partial charge in [-0.15, -0.1) is 0 Å². The lowest BCUT2D eigenvalue weighted by Gasteiger charge is -2.21. The molecule has 31 heavy (non-hydrogen) atoms. The highest BCUT2D eigenvalue weighted by Crippen LogP contribution is 2.38. The number of anilines is 1. The maximum absolute atomic E-state index is 13.8. The topological polar surface area (TPSA) is 69.4 Å². The van der Waals surface area contributed by atoms with Gasteiger partial charge in [0.05, 0.1) is 6.10 Å². The minimum Gasteiger partial charge on any atom is -0.491 e. The van der Waals surface area contributed by atoms with E-state index in [1.165, 1.54) is 0 Å². The van der Waals surface area contributed by atoms with Gasteiger partial charge in [-0.3, -0.25) is 0 Å². The lowest BCUT2D eigenvalue weighted by Crippen LogP contribution is -2.19. The molecule has 1 aliphatic rings. The number of ether oxygens (including phenoxy) is 2. The number of nitrogens with one attached hydrogen (secondary N) is 1. The number of aromatic nitrogens is 2. The van der Waals surface area contributed by atoms with Gasteiger partial charge in [-0.25, -0.2) is 8.78 Å². The van der Waals surface area contributed by atoms with Crippen molar-refractivity contribution in [2.45, 2.75) is 57.8 Å². The smallest absolute Gasteiger partial charge is 0.262 e. The Morgan fingerprint density at radius 2 is 1.87 bits per heavy atom. The molecule has 2 aromatic carbocycles. The average molecular weight is 429 g/mol. The summed E-state index contributed by atoms with van der Waals surface area (Å²) in [5.41, 5.74) is 1.01. The van der Waals surface area contributed by atoms with Crippen molar-refractivity contribution in [2.75, 3.05) is 5.32 Å². The van der Waals surface area contributed by atoms with Crippen molar-refractivity contribution in [3.05, 3.63) is 65.8 Å². The number of benzene rings is 2. The van der Waals surface area contributed by atoms with Crippen LogP contribution in [0.2, 0.25) is 0 Å². The summed E-state index contributed by atoms with van der Waals surface area (Å²) in [6.45, 7) is 3.97. The zero-order chi connectivity index (χ0) is 21.8. The van der Waals surface area contributed by atoms with Crippen LogP contribution >= 0.6 is 0 Å². The van der Waals surface area contributed by atoms with E-state index in [4.69, 9.17) is 14.0 Å². The zero-order valence-electron chi connectivity index (χ0n) is 17.4. The van der Waals surface area contributed by atoms with Crippen molar-refractivity contribution < 1.29 is 22.8 Å². The van der Waals surface area contributed by atoms with Gasteiger partial charge in [0.2, 0.25) is 11.7 Å². The summed E-state index contributed by atoms with van der Waals surface area (Å²) < 4.78 is 44.0. The molecule has 1 aromatic heterocycles. The molecule has 0 radical (unpaired) electrons. The predicted molar refractivity (Wildman–Crippen MR) is 112 cm³/mol. The highest BCUT2D eigenvalue weighted by molar-refractivity contribution is 5.49. The van der Waals surface area contributed by atoms with Crippen molar-refractivity contribution in [3.8, 4) is 11.5 Å². The summed E-state index contributed by atoms with van der Waals surface area (Å²) in [5, 5.41) is 6.81. The van der Waals surface area contributed by atoms with E-state index in [1.54, 1.807) is 48.5 Å². The third-order valence-corrected chi connectivity index (χ3v) is 4.80. The van der Waals surface area contributed by atoms with Gasteiger partial charge in [0.25, 0.3) is 6.43 Å². The number of hydrogen-bond acceptors (Lipinski definition) is 6. The molecule has 1 heterocycles. The predicted octanol–water partition coefficient (Wildman–Crippen LogP) is 5.73. The largest absolute Gasteiger partial charge is 0.491 e. The van der Waals surface area contributed by atoms with Gasteiger partial charge >= 0.3 is 0 Å². The SMILES string of the molecule is CC(C)Oc1cccc([C@H](Nc2ccc(OCc3noc(C4CC4)n3)cc2)C(F)F)c1. The minimum atomic E-state index is -2.59. The van der Waals surface area contributed by atoms with E-state index in [0.717, 1.165) is 12.8 Å². The van der Waals surface area contributed by atoms with Crippen molar-refractivity contribution in [3.63, 3.8) is 0 Å². The van der Waals surface area contributed by atoms with Gasteiger partial charge in [-0.2, -0.15) is 4.98 Å². The second-order valence-electron chi connectivity index (χ2n) is 7.83. The summed E-state index contributed by atoms with van der Waals surface area (Å²) >= 11 is 0. The lowest BCUT2D eigenvalue weighted by atomic mass is 10.1. The molecule has 8 heteroatoms. The standard InChI is InChI=1S/C23H25F2N3O3/c1-14(2)30-19-5-3-4-16(12-19)21(22(24)25)26-17-8-10-18(11-9-17)29-13-20-27-23(31-28-20)15-6-7-15/h3-5,8-12,14-15,21-22,26H,6-7,13H2,1-2H3/t21-/m0/s1. The van der Waals surface area contributed by atoms with E-state index in [1.807, 2.05) is 13.8 Å². The molecule has 1 aliphatic carbocycles. The Balaban J connectivity index is 1.37. The van der Waals surface area contributed by atoms with Crippen LogP contribution in [0.4, 0.5) is 14.5 Å². The number of alkyl halides is 2. The van der Waals surface area contributed by atoms with Crippen LogP contribution in [0.25, 0.3) is 0 Å². The Labute approximate surface area is 179 Å². The zero-order valence-corrected chi connectivity index (χ0v) is 17.4. The van der Waals surface area contributed by atoms with Gasteiger partial charge in [0.15, 0.2) is 6.61 Å². The highest BCUT2D eigenvalue weighted by Gasteiger charge is 2.29. The first-order valence-electron chi connectivity index (χ1n) is 10.3. The van der Waals surface area contributed by atoms with Crippen molar-refractivity contribution >= 4 is 5.69 Å². The first-order chi connectivity index (χ1) is 15.0. The fraction of sp³-hybridized carbons (Fsp3) is 0.391. The van der Waals surface area contributed by atoms with Crippen molar-refractivity contribution in [2.24, 2.45) is 0 Å². The molecular formula is C23H25F2N3O3. The Bertz CT molecular complexity index is 988. The molecule has 1 atom stereocenters. The minimum absolute atomic E-state index is 0.0338. The van der Waals surface area contributed by atoms with Gasteiger partial charge < -0.3 is 19.3 Å². The Kier molecular flexibility index (Phi) is 6.34. The molecule has 0 unspecified atom stereocenters. The van der Waals surface area contributed by atoms with Crippen LogP contribution in [0.15, 0.2) is 53.1 Å². The van der Waals surface area contributed by atoms with Crippen LogP contribution in [0, 0.1) is 0 Å². The Morgan fingerprint density at radius 1 is 1.10 bits per heavy atom. The number of halogens is 2. The number of hydrogen-bond donors (Lipinski definition) is 1. The van der Waals surface area contributed by atoms with E-state index in [9.17, 15) is 8.78 Å². The summed E-state index contributed by atoms with van der Waals surface area (Å²) in [7, 11) is 0. The molecule has 164 valence electrons. The summed E-state index contributed by atoms with van der Waals surface area (Å²) in [6.07, 6.45) is -0.449. The highest BCUT2D eigenvalue weighted by atomic mass is 19.3. The molecule has 6 nitrogen and oxygen atoms in total. The van der Waals surface area contributed by atoms with Crippen molar-refractivity contribution in [1.29, 1.82) is 0 Å². The van der Waals surface area contributed by atoms with E-state index >= 15 is 0 Å². The number of rotatable bonds is 10.